The second-order valence-electron chi connectivity index (χ2n) is 4.32. The van der Waals surface area contributed by atoms with E-state index in [0.29, 0.717) is 0 Å². The van der Waals surface area contributed by atoms with Crippen LogP contribution in [0.4, 0.5) is 0 Å². The fourth-order valence-corrected chi connectivity index (χ4v) is 2.19. The Labute approximate surface area is 101 Å². The van der Waals surface area contributed by atoms with E-state index in [9.17, 15) is 0 Å². The molecular formula is C16H15N. The molecule has 3 aromatic rings. The van der Waals surface area contributed by atoms with Crippen LogP contribution >= 0.6 is 0 Å². The molecule has 0 aliphatic heterocycles. The van der Waals surface area contributed by atoms with Crippen molar-refractivity contribution in [3.63, 3.8) is 0 Å². The Balaban J connectivity index is 2.13. The molecule has 17 heavy (non-hydrogen) atoms. The van der Waals surface area contributed by atoms with Crippen LogP contribution in [0, 0.1) is 0 Å². The first kappa shape index (κ1) is 10.2. The van der Waals surface area contributed by atoms with E-state index >= 15 is 0 Å². The van der Waals surface area contributed by atoms with Gasteiger partial charge < -0.3 is 4.98 Å². The molecule has 0 radical (unpaired) electrons. The maximum Gasteiger partial charge on any atom is 0.0456 e. The third-order valence-corrected chi connectivity index (χ3v) is 3.16. The predicted octanol–water partition coefficient (Wildman–Crippen LogP) is 4.40. The van der Waals surface area contributed by atoms with Crippen LogP contribution in [0.5, 0.6) is 0 Å². The zero-order chi connectivity index (χ0) is 11.7. The van der Waals surface area contributed by atoms with Gasteiger partial charge in [-0.25, -0.2) is 0 Å². The summed E-state index contributed by atoms with van der Waals surface area (Å²) in [5.74, 6) is 0. The molecule has 1 N–H and O–H groups in total. The average Bonchev–Trinajstić information content (AvgIpc) is 2.81. The third kappa shape index (κ3) is 1.84. The topological polar surface area (TPSA) is 15.8 Å². The molecule has 0 aliphatic rings. The number of rotatable bonds is 2. The van der Waals surface area contributed by atoms with Crippen LogP contribution in [0.3, 0.4) is 0 Å². The number of hydrogen-bond donors (Lipinski definition) is 1. The molecule has 0 bridgehead atoms. The number of aryl methyl sites for hydroxylation is 1. The zero-order valence-corrected chi connectivity index (χ0v) is 9.90. The molecule has 0 saturated heterocycles. The minimum absolute atomic E-state index is 1.05. The number of hydrogen-bond acceptors (Lipinski definition) is 0. The lowest BCUT2D eigenvalue weighted by molar-refractivity contribution is 1.07. The second-order valence-corrected chi connectivity index (χ2v) is 4.32. The summed E-state index contributed by atoms with van der Waals surface area (Å²) in [5, 5.41) is 1.29. The minimum Gasteiger partial charge on any atom is -0.358 e. The van der Waals surface area contributed by atoms with Crippen molar-refractivity contribution in [1.29, 1.82) is 0 Å². The molecule has 3 rings (SSSR count). The molecule has 0 spiro atoms. The van der Waals surface area contributed by atoms with Gasteiger partial charge in [0, 0.05) is 16.6 Å². The number of nitrogens with one attached hydrogen (secondary N) is 1. The van der Waals surface area contributed by atoms with Crippen LogP contribution in [-0.4, -0.2) is 4.98 Å². The highest BCUT2D eigenvalue weighted by Gasteiger charge is 2.02. The van der Waals surface area contributed by atoms with E-state index in [0.717, 1.165) is 6.42 Å². The quantitative estimate of drug-likeness (QED) is 0.660. The third-order valence-electron chi connectivity index (χ3n) is 3.16. The summed E-state index contributed by atoms with van der Waals surface area (Å²) in [5.41, 5.74) is 5.07. The lowest BCUT2D eigenvalue weighted by atomic mass is 10.0. The van der Waals surface area contributed by atoms with Gasteiger partial charge in [-0.1, -0.05) is 43.3 Å². The monoisotopic (exact) mass is 221 g/mol. The van der Waals surface area contributed by atoms with Crippen LogP contribution in [-0.2, 0) is 6.42 Å². The Bertz CT molecular complexity index is 635. The molecule has 0 aliphatic carbocycles. The van der Waals surface area contributed by atoms with E-state index in [-0.39, 0.29) is 0 Å². The predicted molar refractivity (Wildman–Crippen MR) is 73.1 cm³/mol. The molecule has 0 unspecified atom stereocenters. The van der Waals surface area contributed by atoms with Crippen LogP contribution < -0.4 is 0 Å². The SMILES string of the molecule is CCc1cc2cc(-c3ccccc3)ccc2[nH]1. The van der Waals surface area contributed by atoms with E-state index in [1.165, 1.54) is 27.7 Å². The summed E-state index contributed by atoms with van der Waals surface area (Å²) >= 11 is 0. The van der Waals surface area contributed by atoms with Crippen LogP contribution in [0.15, 0.2) is 54.6 Å². The number of aromatic amines is 1. The van der Waals surface area contributed by atoms with E-state index in [1.807, 2.05) is 6.07 Å². The molecule has 0 atom stereocenters. The Hall–Kier alpha value is -2.02. The van der Waals surface area contributed by atoms with Gasteiger partial charge in [-0.15, -0.1) is 0 Å². The summed E-state index contributed by atoms with van der Waals surface area (Å²) in [6.45, 7) is 2.17. The Morgan fingerprint density at radius 3 is 2.47 bits per heavy atom. The maximum absolute atomic E-state index is 3.42. The Morgan fingerprint density at radius 2 is 1.71 bits per heavy atom. The molecule has 84 valence electrons. The number of aromatic nitrogens is 1. The van der Waals surface area contributed by atoms with Gasteiger partial charge >= 0.3 is 0 Å². The molecular weight excluding hydrogens is 206 g/mol. The Morgan fingerprint density at radius 1 is 0.882 bits per heavy atom. The van der Waals surface area contributed by atoms with Gasteiger partial charge in [-0.2, -0.15) is 0 Å². The normalized spacial score (nSPS) is 10.9. The maximum atomic E-state index is 3.42. The van der Waals surface area contributed by atoms with Gasteiger partial charge in [0.25, 0.3) is 0 Å². The summed E-state index contributed by atoms with van der Waals surface area (Å²) in [6, 6.07) is 19.3. The van der Waals surface area contributed by atoms with Crippen molar-refractivity contribution in [2.75, 3.05) is 0 Å². The van der Waals surface area contributed by atoms with Crippen LogP contribution in [0.2, 0.25) is 0 Å². The van der Waals surface area contributed by atoms with Gasteiger partial charge in [0.05, 0.1) is 0 Å². The number of fused-ring (bicyclic) bond motifs is 1. The fourth-order valence-electron chi connectivity index (χ4n) is 2.19. The lowest BCUT2D eigenvalue weighted by Gasteiger charge is -2.00. The highest BCUT2D eigenvalue weighted by atomic mass is 14.7. The highest BCUT2D eigenvalue weighted by molar-refractivity contribution is 5.85. The van der Waals surface area contributed by atoms with Gasteiger partial charge in [0.1, 0.15) is 0 Å². The van der Waals surface area contributed by atoms with Gasteiger partial charge in [-0.05, 0) is 35.7 Å². The highest BCUT2D eigenvalue weighted by Crippen LogP contribution is 2.24. The standard InChI is InChI=1S/C16H15N/c1-2-15-11-14-10-13(8-9-16(14)17-15)12-6-4-3-5-7-12/h3-11,17H,2H2,1H3. The van der Waals surface area contributed by atoms with E-state index in [2.05, 4.69) is 60.4 Å². The van der Waals surface area contributed by atoms with Gasteiger partial charge in [-0.3, -0.25) is 0 Å². The molecule has 1 heteroatoms. The summed E-state index contributed by atoms with van der Waals surface area (Å²) in [4.78, 5) is 3.42. The molecule has 1 heterocycles. The van der Waals surface area contributed by atoms with Crippen molar-refractivity contribution in [1.82, 2.24) is 4.98 Å². The minimum atomic E-state index is 1.05. The lowest BCUT2D eigenvalue weighted by Crippen LogP contribution is -1.77. The molecule has 1 nitrogen and oxygen atoms in total. The van der Waals surface area contributed by atoms with E-state index in [4.69, 9.17) is 0 Å². The molecule has 0 fully saturated rings. The molecule has 1 aromatic heterocycles. The number of H-pyrrole nitrogens is 1. The van der Waals surface area contributed by atoms with Gasteiger partial charge in [0.15, 0.2) is 0 Å². The molecule has 0 amide bonds. The largest absolute Gasteiger partial charge is 0.358 e. The van der Waals surface area contributed by atoms with Crippen molar-refractivity contribution in [3.05, 3.63) is 60.3 Å². The van der Waals surface area contributed by atoms with Gasteiger partial charge in [0.2, 0.25) is 0 Å². The van der Waals surface area contributed by atoms with Crippen LogP contribution in [0.1, 0.15) is 12.6 Å². The van der Waals surface area contributed by atoms with Crippen molar-refractivity contribution >= 4 is 10.9 Å². The zero-order valence-electron chi connectivity index (χ0n) is 9.90. The van der Waals surface area contributed by atoms with Crippen LogP contribution in [0.25, 0.3) is 22.0 Å². The number of benzene rings is 2. The van der Waals surface area contributed by atoms with Crippen molar-refractivity contribution < 1.29 is 0 Å². The fraction of sp³-hybridized carbons (Fsp3) is 0.125. The second kappa shape index (κ2) is 4.10. The first-order chi connectivity index (χ1) is 8.36. The molecule has 2 aromatic carbocycles. The summed E-state index contributed by atoms with van der Waals surface area (Å²) in [7, 11) is 0. The smallest absolute Gasteiger partial charge is 0.0456 e. The summed E-state index contributed by atoms with van der Waals surface area (Å²) < 4.78 is 0. The van der Waals surface area contributed by atoms with Crippen molar-refractivity contribution in [2.45, 2.75) is 13.3 Å². The molecule has 0 saturated carbocycles. The van der Waals surface area contributed by atoms with E-state index in [1.54, 1.807) is 0 Å². The van der Waals surface area contributed by atoms with Crippen molar-refractivity contribution in [3.8, 4) is 11.1 Å². The first-order valence-corrected chi connectivity index (χ1v) is 6.04. The Kier molecular flexibility index (Phi) is 2.45. The first-order valence-electron chi connectivity index (χ1n) is 6.04. The van der Waals surface area contributed by atoms with Crippen molar-refractivity contribution in [2.24, 2.45) is 0 Å². The van der Waals surface area contributed by atoms with E-state index < -0.39 is 0 Å². The summed E-state index contributed by atoms with van der Waals surface area (Å²) in [6.07, 6.45) is 1.05. The average molecular weight is 221 g/mol.